The van der Waals surface area contributed by atoms with Crippen LogP contribution in [0, 0.1) is 5.41 Å². The number of rotatable bonds is 8. The molecule has 0 aliphatic carbocycles. The zero-order valence-corrected chi connectivity index (χ0v) is 12.5. The lowest BCUT2D eigenvalue weighted by atomic mass is 9.93. The SMILES string of the molecule is CCCn1nccc1CNCC(C)(C)CN(C)C. The van der Waals surface area contributed by atoms with Crippen molar-refractivity contribution in [1.82, 2.24) is 20.0 Å². The van der Waals surface area contributed by atoms with Gasteiger partial charge in [-0.15, -0.1) is 0 Å². The number of aryl methyl sites for hydroxylation is 1. The summed E-state index contributed by atoms with van der Waals surface area (Å²) < 4.78 is 2.09. The van der Waals surface area contributed by atoms with Gasteiger partial charge in [0.1, 0.15) is 0 Å². The summed E-state index contributed by atoms with van der Waals surface area (Å²) in [7, 11) is 4.25. The maximum atomic E-state index is 4.34. The highest BCUT2D eigenvalue weighted by atomic mass is 15.3. The molecule has 1 rings (SSSR count). The third-order valence-electron chi connectivity index (χ3n) is 2.89. The molecule has 0 aliphatic heterocycles. The molecule has 0 aliphatic rings. The molecule has 0 aromatic carbocycles. The van der Waals surface area contributed by atoms with Gasteiger partial charge >= 0.3 is 0 Å². The van der Waals surface area contributed by atoms with Crippen molar-refractivity contribution in [1.29, 1.82) is 0 Å². The molecule has 4 nitrogen and oxygen atoms in total. The molecular formula is C14H28N4. The molecule has 4 heteroatoms. The molecular weight excluding hydrogens is 224 g/mol. The Balaban J connectivity index is 2.39. The third kappa shape index (κ3) is 5.19. The van der Waals surface area contributed by atoms with E-state index in [2.05, 4.69) is 60.9 Å². The Bertz CT molecular complexity index is 341. The summed E-state index contributed by atoms with van der Waals surface area (Å²) in [6.07, 6.45) is 3.01. The standard InChI is InChI=1S/C14H28N4/c1-6-9-18-13(7-8-16-18)10-15-11-14(2,3)12-17(4)5/h7-8,15H,6,9-12H2,1-5H3. The molecule has 1 N–H and O–H groups in total. The van der Waals surface area contributed by atoms with Gasteiger partial charge in [-0.3, -0.25) is 4.68 Å². The Morgan fingerprint density at radius 1 is 1.39 bits per heavy atom. The van der Waals surface area contributed by atoms with E-state index < -0.39 is 0 Å². The second-order valence-corrected chi connectivity index (χ2v) is 6.05. The second-order valence-electron chi connectivity index (χ2n) is 6.05. The van der Waals surface area contributed by atoms with Gasteiger partial charge in [0.05, 0.1) is 5.69 Å². The smallest absolute Gasteiger partial charge is 0.0522 e. The Labute approximate surface area is 111 Å². The Morgan fingerprint density at radius 3 is 2.72 bits per heavy atom. The molecule has 0 atom stereocenters. The molecule has 0 spiro atoms. The van der Waals surface area contributed by atoms with Gasteiger partial charge in [0.15, 0.2) is 0 Å². The van der Waals surface area contributed by atoms with Gasteiger partial charge in [0.25, 0.3) is 0 Å². The fourth-order valence-electron chi connectivity index (χ4n) is 2.36. The zero-order valence-electron chi connectivity index (χ0n) is 12.5. The first-order valence-corrected chi connectivity index (χ1v) is 6.81. The molecule has 1 aromatic rings. The molecule has 0 radical (unpaired) electrons. The van der Waals surface area contributed by atoms with Gasteiger partial charge in [-0.2, -0.15) is 5.10 Å². The third-order valence-corrected chi connectivity index (χ3v) is 2.89. The molecule has 104 valence electrons. The summed E-state index contributed by atoms with van der Waals surface area (Å²) in [6.45, 7) is 10.8. The lowest BCUT2D eigenvalue weighted by molar-refractivity contribution is 0.231. The molecule has 0 fully saturated rings. The van der Waals surface area contributed by atoms with Crippen molar-refractivity contribution in [2.75, 3.05) is 27.2 Å². The molecule has 0 bridgehead atoms. The number of hydrogen-bond donors (Lipinski definition) is 1. The summed E-state index contributed by atoms with van der Waals surface area (Å²) in [6, 6.07) is 2.10. The van der Waals surface area contributed by atoms with Crippen LogP contribution in [0.2, 0.25) is 0 Å². The highest BCUT2D eigenvalue weighted by Gasteiger charge is 2.18. The molecule has 1 heterocycles. The minimum Gasteiger partial charge on any atom is -0.311 e. The highest BCUT2D eigenvalue weighted by molar-refractivity contribution is 5.00. The molecule has 0 unspecified atom stereocenters. The van der Waals surface area contributed by atoms with Crippen LogP contribution in [-0.2, 0) is 13.1 Å². The topological polar surface area (TPSA) is 33.1 Å². The van der Waals surface area contributed by atoms with Gasteiger partial charge in [-0.1, -0.05) is 20.8 Å². The summed E-state index contributed by atoms with van der Waals surface area (Å²) >= 11 is 0. The second kappa shape index (κ2) is 6.90. The van der Waals surface area contributed by atoms with E-state index in [-0.39, 0.29) is 0 Å². The molecule has 0 saturated carbocycles. The van der Waals surface area contributed by atoms with Crippen molar-refractivity contribution in [2.24, 2.45) is 5.41 Å². The predicted molar refractivity (Wildman–Crippen MR) is 76.6 cm³/mol. The lowest BCUT2D eigenvalue weighted by Crippen LogP contribution is -2.37. The van der Waals surface area contributed by atoms with Crippen molar-refractivity contribution in [3.63, 3.8) is 0 Å². The van der Waals surface area contributed by atoms with Gasteiger partial charge in [-0.05, 0) is 32.0 Å². The van der Waals surface area contributed by atoms with Crippen LogP contribution >= 0.6 is 0 Å². The summed E-state index contributed by atoms with van der Waals surface area (Å²) in [5.41, 5.74) is 1.57. The average molecular weight is 252 g/mol. The van der Waals surface area contributed by atoms with Crippen LogP contribution in [0.4, 0.5) is 0 Å². The molecule has 0 amide bonds. The van der Waals surface area contributed by atoms with E-state index in [0.29, 0.717) is 5.41 Å². The lowest BCUT2D eigenvalue weighted by Gasteiger charge is -2.28. The monoisotopic (exact) mass is 252 g/mol. The van der Waals surface area contributed by atoms with E-state index in [9.17, 15) is 0 Å². The number of nitrogens with one attached hydrogen (secondary N) is 1. The first-order valence-electron chi connectivity index (χ1n) is 6.81. The largest absolute Gasteiger partial charge is 0.311 e. The first kappa shape index (κ1) is 15.2. The molecule has 0 saturated heterocycles. The fourth-order valence-corrected chi connectivity index (χ4v) is 2.36. The highest BCUT2D eigenvalue weighted by Crippen LogP contribution is 2.14. The maximum Gasteiger partial charge on any atom is 0.0522 e. The van der Waals surface area contributed by atoms with Gasteiger partial charge in [0, 0.05) is 32.4 Å². The van der Waals surface area contributed by atoms with Crippen LogP contribution in [-0.4, -0.2) is 41.9 Å². The van der Waals surface area contributed by atoms with Crippen molar-refractivity contribution >= 4 is 0 Å². The van der Waals surface area contributed by atoms with Crippen molar-refractivity contribution < 1.29 is 0 Å². The van der Waals surface area contributed by atoms with E-state index in [1.807, 2.05) is 6.20 Å². The number of hydrogen-bond acceptors (Lipinski definition) is 3. The Kier molecular flexibility index (Phi) is 5.82. The zero-order chi connectivity index (χ0) is 13.6. The number of aromatic nitrogens is 2. The van der Waals surface area contributed by atoms with E-state index in [0.717, 1.165) is 32.6 Å². The van der Waals surface area contributed by atoms with Crippen LogP contribution in [0.25, 0.3) is 0 Å². The van der Waals surface area contributed by atoms with E-state index in [1.54, 1.807) is 0 Å². The maximum absolute atomic E-state index is 4.34. The van der Waals surface area contributed by atoms with Crippen LogP contribution in [0.5, 0.6) is 0 Å². The fraction of sp³-hybridized carbons (Fsp3) is 0.786. The first-order chi connectivity index (χ1) is 8.44. The van der Waals surface area contributed by atoms with Crippen LogP contribution in [0.1, 0.15) is 32.9 Å². The van der Waals surface area contributed by atoms with Crippen LogP contribution in [0.15, 0.2) is 12.3 Å². The van der Waals surface area contributed by atoms with Crippen LogP contribution < -0.4 is 5.32 Å². The minimum atomic E-state index is 0.291. The van der Waals surface area contributed by atoms with Gasteiger partial charge in [0.2, 0.25) is 0 Å². The summed E-state index contributed by atoms with van der Waals surface area (Å²) in [4.78, 5) is 2.24. The van der Waals surface area contributed by atoms with E-state index in [1.165, 1.54) is 5.69 Å². The average Bonchev–Trinajstić information content (AvgIpc) is 2.64. The van der Waals surface area contributed by atoms with Gasteiger partial charge in [-0.25, -0.2) is 0 Å². The Morgan fingerprint density at radius 2 is 2.11 bits per heavy atom. The van der Waals surface area contributed by atoms with Crippen molar-refractivity contribution in [3.8, 4) is 0 Å². The van der Waals surface area contributed by atoms with Crippen molar-refractivity contribution in [2.45, 2.75) is 40.3 Å². The van der Waals surface area contributed by atoms with Crippen LogP contribution in [0.3, 0.4) is 0 Å². The van der Waals surface area contributed by atoms with Gasteiger partial charge < -0.3 is 10.2 Å². The van der Waals surface area contributed by atoms with Crippen molar-refractivity contribution in [3.05, 3.63) is 18.0 Å². The minimum absolute atomic E-state index is 0.291. The molecule has 18 heavy (non-hydrogen) atoms. The predicted octanol–water partition coefficient (Wildman–Crippen LogP) is 1.97. The van der Waals surface area contributed by atoms with E-state index in [4.69, 9.17) is 0 Å². The number of nitrogens with zero attached hydrogens (tertiary/aromatic N) is 3. The Hall–Kier alpha value is -0.870. The quantitative estimate of drug-likeness (QED) is 0.768. The normalized spacial score (nSPS) is 12.3. The summed E-state index contributed by atoms with van der Waals surface area (Å²) in [5, 5.41) is 7.88. The molecule has 1 aromatic heterocycles. The summed E-state index contributed by atoms with van der Waals surface area (Å²) in [5.74, 6) is 0. The van der Waals surface area contributed by atoms with E-state index >= 15 is 0 Å².